The first kappa shape index (κ1) is 26.7. The monoisotopic (exact) mass is 517 g/mol. The van der Waals surface area contributed by atoms with Gasteiger partial charge in [-0.05, 0) is 83.2 Å². The topological polar surface area (TPSA) is 29.5 Å². The van der Waals surface area contributed by atoms with Crippen LogP contribution in [-0.4, -0.2) is 5.91 Å². The number of hydrogen-bond donors (Lipinski definition) is 0. The number of ether oxygens (including phenoxy) is 1. The van der Waals surface area contributed by atoms with Gasteiger partial charge < -0.3 is 9.64 Å². The molecule has 0 heterocycles. The van der Waals surface area contributed by atoms with Crippen molar-refractivity contribution in [2.75, 3.05) is 4.90 Å². The number of amides is 1. The fraction of sp³-hybridized carbons (Fsp3) is 0.306. The summed E-state index contributed by atoms with van der Waals surface area (Å²) in [7, 11) is 0. The van der Waals surface area contributed by atoms with Gasteiger partial charge in [-0.15, -0.1) is 0 Å². The maximum Gasteiger partial charge on any atom is 0.234 e. The Labute approximate surface area is 233 Å². The number of aryl methyl sites for hydroxylation is 1. The molecule has 0 saturated carbocycles. The van der Waals surface area contributed by atoms with Crippen molar-refractivity contribution < 1.29 is 9.53 Å². The second kappa shape index (κ2) is 12.3. The molecule has 0 aromatic heterocycles. The summed E-state index contributed by atoms with van der Waals surface area (Å²) in [4.78, 5) is 16.2. The highest BCUT2D eigenvalue weighted by atomic mass is 16.5. The third-order valence-corrected chi connectivity index (χ3v) is 8.18. The Bertz CT molecular complexity index is 1360. The van der Waals surface area contributed by atoms with Crippen LogP contribution in [-0.2, 0) is 24.4 Å². The normalized spacial score (nSPS) is 15.4. The van der Waals surface area contributed by atoms with Crippen molar-refractivity contribution in [3.05, 3.63) is 131 Å². The average molecular weight is 518 g/mol. The van der Waals surface area contributed by atoms with Crippen molar-refractivity contribution in [3.63, 3.8) is 0 Å². The molecule has 1 amide bonds. The van der Waals surface area contributed by atoms with E-state index in [0.29, 0.717) is 25.0 Å². The van der Waals surface area contributed by atoms with Crippen LogP contribution in [0.15, 0.2) is 103 Å². The lowest BCUT2D eigenvalue weighted by atomic mass is 9.82. The number of benzene rings is 4. The third-order valence-electron chi connectivity index (χ3n) is 8.18. The molecule has 0 N–H and O–H groups in total. The van der Waals surface area contributed by atoms with Crippen molar-refractivity contribution in [1.29, 1.82) is 0 Å². The first-order chi connectivity index (χ1) is 19.0. The van der Waals surface area contributed by atoms with Gasteiger partial charge in [0.25, 0.3) is 0 Å². The summed E-state index contributed by atoms with van der Waals surface area (Å²) >= 11 is 0. The highest BCUT2D eigenvalue weighted by molar-refractivity contribution is 5.98. The van der Waals surface area contributed by atoms with E-state index in [0.717, 1.165) is 41.8 Å². The van der Waals surface area contributed by atoms with Crippen LogP contribution in [0.1, 0.15) is 73.3 Å². The standard InChI is InChI=1S/C36H39NO2/c1-26(2)27(3)30-18-20-32(21-19-30)37(36(38)35-15-9-13-31-12-7-8-14-34(31)35)24-28-16-22-33(23-17-28)39-25-29-10-5-4-6-11-29/h4-8,10-12,14,16-23,26-27,35H,9,13,15,24-25H2,1-3H3. The minimum absolute atomic E-state index is 0.113. The number of carbonyl (C=O) groups excluding carboxylic acids is 1. The Morgan fingerprint density at radius 3 is 2.23 bits per heavy atom. The van der Waals surface area contributed by atoms with Gasteiger partial charge in [0.1, 0.15) is 12.4 Å². The highest BCUT2D eigenvalue weighted by Gasteiger charge is 2.31. The van der Waals surface area contributed by atoms with E-state index in [9.17, 15) is 4.79 Å². The van der Waals surface area contributed by atoms with E-state index in [4.69, 9.17) is 4.74 Å². The maximum absolute atomic E-state index is 14.2. The molecule has 5 rings (SSSR count). The van der Waals surface area contributed by atoms with Crippen molar-refractivity contribution in [1.82, 2.24) is 0 Å². The molecule has 0 spiro atoms. The fourth-order valence-corrected chi connectivity index (χ4v) is 5.45. The van der Waals surface area contributed by atoms with Gasteiger partial charge in [0.15, 0.2) is 0 Å². The number of hydrogen-bond acceptors (Lipinski definition) is 2. The first-order valence-electron chi connectivity index (χ1n) is 14.2. The summed E-state index contributed by atoms with van der Waals surface area (Å²) in [5, 5.41) is 0. The Kier molecular flexibility index (Phi) is 8.46. The molecule has 2 unspecified atom stereocenters. The predicted molar refractivity (Wildman–Crippen MR) is 160 cm³/mol. The van der Waals surface area contributed by atoms with Gasteiger partial charge in [-0.25, -0.2) is 0 Å². The Morgan fingerprint density at radius 1 is 0.821 bits per heavy atom. The van der Waals surface area contributed by atoms with Crippen LogP contribution < -0.4 is 9.64 Å². The lowest BCUT2D eigenvalue weighted by Crippen LogP contribution is -2.36. The minimum atomic E-state index is -0.113. The number of anilines is 1. The lowest BCUT2D eigenvalue weighted by Gasteiger charge is -2.31. The second-order valence-electron chi connectivity index (χ2n) is 11.1. The molecule has 2 atom stereocenters. The van der Waals surface area contributed by atoms with Gasteiger partial charge in [-0.2, -0.15) is 0 Å². The number of rotatable bonds is 9. The molecular formula is C36H39NO2. The summed E-state index contributed by atoms with van der Waals surface area (Å²) in [5.41, 5.74) is 6.98. The SMILES string of the molecule is CC(C)C(C)c1ccc(N(Cc2ccc(OCc3ccccc3)cc2)C(=O)C2CCCc3ccccc32)cc1. The van der Waals surface area contributed by atoms with Crippen molar-refractivity contribution in [2.24, 2.45) is 5.92 Å². The van der Waals surface area contributed by atoms with Gasteiger partial charge >= 0.3 is 0 Å². The summed E-state index contributed by atoms with van der Waals surface area (Å²) in [6, 6.07) is 35.4. The van der Waals surface area contributed by atoms with Crippen LogP contribution in [0.3, 0.4) is 0 Å². The number of carbonyl (C=O) groups is 1. The van der Waals surface area contributed by atoms with Gasteiger partial charge in [-0.3, -0.25) is 4.79 Å². The molecule has 4 aromatic carbocycles. The average Bonchev–Trinajstić information content (AvgIpc) is 2.99. The Morgan fingerprint density at radius 2 is 1.51 bits per heavy atom. The van der Waals surface area contributed by atoms with E-state index in [1.54, 1.807) is 0 Å². The molecule has 3 heteroatoms. The molecule has 3 nitrogen and oxygen atoms in total. The van der Waals surface area contributed by atoms with Crippen LogP contribution >= 0.6 is 0 Å². The predicted octanol–water partition coefficient (Wildman–Crippen LogP) is 8.68. The molecule has 200 valence electrons. The second-order valence-corrected chi connectivity index (χ2v) is 11.1. The lowest BCUT2D eigenvalue weighted by molar-refractivity contribution is -0.120. The molecule has 1 aliphatic rings. The Hall–Kier alpha value is -3.85. The van der Waals surface area contributed by atoms with Crippen LogP contribution in [0, 0.1) is 5.92 Å². The van der Waals surface area contributed by atoms with Gasteiger partial charge in [0.2, 0.25) is 5.91 Å². The van der Waals surface area contributed by atoms with E-state index in [2.05, 4.69) is 93.6 Å². The highest BCUT2D eigenvalue weighted by Crippen LogP contribution is 2.35. The maximum atomic E-state index is 14.2. The zero-order valence-corrected chi connectivity index (χ0v) is 23.3. The van der Waals surface area contributed by atoms with Crippen molar-refractivity contribution in [2.45, 2.75) is 65.0 Å². The summed E-state index contributed by atoms with van der Waals surface area (Å²) < 4.78 is 5.99. The quantitative estimate of drug-likeness (QED) is 0.222. The van der Waals surface area contributed by atoms with E-state index in [1.165, 1.54) is 16.7 Å². The summed E-state index contributed by atoms with van der Waals surface area (Å²) in [5.74, 6) is 1.93. The van der Waals surface area contributed by atoms with Gasteiger partial charge in [0, 0.05) is 5.69 Å². The number of nitrogens with zero attached hydrogens (tertiary/aromatic N) is 1. The van der Waals surface area contributed by atoms with Crippen LogP contribution in [0.2, 0.25) is 0 Å². The minimum Gasteiger partial charge on any atom is -0.489 e. The smallest absolute Gasteiger partial charge is 0.234 e. The fourth-order valence-electron chi connectivity index (χ4n) is 5.45. The molecule has 0 saturated heterocycles. The first-order valence-corrected chi connectivity index (χ1v) is 14.2. The third kappa shape index (κ3) is 6.42. The van der Waals surface area contributed by atoms with E-state index in [1.807, 2.05) is 35.2 Å². The van der Waals surface area contributed by atoms with Crippen molar-refractivity contribution in [3.8, 4) is 5.75 Å². The molecule has 0 bridgehead atoms. The van der Waals surface area contributed by atoms with E-state index in [-0.39, 0.29) is 11.8 Å². The summed E-state index contributed by atoms with van der Waals surface area (Å²) in [6.45, 7) is 7.83. The van der Waals surface area contributed by atoms with Gasteiger partial charge in [-0.1, -0.05) is 99.6 Å². The Balaban J connectivity index is 1.39. The molecular weight excluding hydrogens is 478 g/mol. The van der Waals surface area contributed by atoms with Crippen LogP contribution in [0.4, 0.5) is 5.69 Å². The largest absolute Gasteiger partial charge is 0.489 e. The molecule has 39 heavy (non-hydrogen) atoms. The molecule has 1 aliphatic carbocycles. The summed E-state index contributed by atoms with van der Waals surface area (Å²) in [6.07, 6.45) is 2.98. The number of fused-ring (bicyclic) bond motifs is 1. The molecule has 0 fully saturated rings. The molecule has 4 aromatic rings. The zero-order chi connectivity index (χ0) is 27.2. The molecule has 0 aliphatic heterocycles. The van der Waals surface area contributed by atoms with E-state index < -0.39 is 0 Å². The van der Waals surface area contributed by atoms with E-state index >= 15 is 0 Å². The van der Waals surface area contributed by atoms with Gasteiger partial charge in [0.05, 0.1) is 12.5 Å². The van der Waals surface area contributed by atoms with Crippen molar-refractivity contribution >= 4 is 11.6 Å². The van der Waals surface area contributed by atoms with Crippen LogP contribution in [0.5, 0.6) is 5.75 Å². The van der Waals surface area contributed by atoms with Crippen LogP contribution in [0.25, 0.3) is 0 Å². The molecule has 0 radical (unpaired) electrons. The zero-order valence-electron chi connectivity index (χ0n) is 23.3.